The molecule has 1 aliphatic rings. The Morgan fingerprint density at radius 2 is 1.63 bits per heavy atom. The van der Waals surface area contributed by atoms with Crippen molar-refractivity contribution in [1.82, 2.24) is 0 Å². The number of rotatable bonds is 6. The predicted octanol–water partition coefficient (Wildman–Crippen LogP) is 6.40. The van der Waals surface area contributed by atoms with Crippen molar-refractivity contribution in [2.45, 2.75) is 45.6 Å². The summed E-state index contributed by atoms with van der Waals surface area (Å²) in [6.07, 6.45) is 0.853. The summed E-state index contributed by atoms with van der Waals surface area (Å²) in [5.41, 5.74) is 2.94. The molecule has 1 aliphatic heterocycles. The fourth-order valence-corrected chi connectivity index (χ4v) is 4.27. The summed E-state index contributed by atoms with van der Waals surface area (Å²) in [6, 6.07) is 23.1. The maximum absolute atomic E-state index is 13.4. The molecule has 0 aromatic heterocycles. The zero-order valence-electron chi connectivity index (χ0n) is 20.6. The standard InChI is InChI=1S/C30H31NO4/c1-5-18-35-24-13-9-12-23(19-24)31-26(20-14-16-22(17-15-20)30(2,3)4)25(28(33)29(31)34)27(32)21-10-7-6-8-11-21/h6-17,19,26,32H,5,18H2,1-4H3/b27-25+. The highest BCUT2D eigenvalue weighted by molar-refractivity contribution is 6.51. The van der Waals surface area contributed by atoms with Crippen LogP contribution in [0.1, 0.15) is 56.8 Å². The Hall–Kier alpha value is -3.86. The second-order valence-corrected chi connectivity index (χ2v) is 9.75. The lowest BCUT2D eigenvalue weighted by atomic mass is 9.85. The number of hydrogen-bond donors (Lipinski definition) is 1. The van der Waals surface area contributed by atoms with Crippen LogP contribution in [0.2, 0.25) is 0 Å². The molecule has 1 saturated heterocycles. The highest BCUT2D eigenvalue weighted by Gasteiger charge is 2.47. The molecule has 4 rings (SSSR count). The quantitative estimate of drug-likeness (QED) is 0.258. The van der Waals surface area contributed by atoms with Crippen LogP contribution in [0.4, 0.5) is 5.69 Å². The minimum absolute atomic E-state index is 0.0463. The lowest BCUT2D eigenvalue weighted by Gasteiger charge is -2.27. The molecule has 1 unspecified atom stereocenters. The Kier molecular flexibility index (Phi) is 6.79. The van der Waals surface area contributed by atoms with Gasteiger partial charge < -0.3 is 9.84 Å². The number of benzene rings is 3. The minimum Gasteiger partial charge on any atom is -0.507 e. The molecule has 5 heteroatoms. The summed E-state index contributed by atoms with van der Waals surface area (Å²) in [4.78, 5) is 28.2. The molecule has 0 aliphatic carbocycles. The highest BCUT2D eigenvalue weighted by Crippen LogP contribution is 2.43. The van der Waals surface area contributed by atoms with Crippen LogP contribution in [-0.4, -0.2) is 23.4 Å². The maximum Gasteiger partial charge on any atom is 0.300 e. The van der Waals surface area contributed by atoms with Crippen molar-refractivity contribution in [3.8, 4) is 5.75 Å². The smallest absolute Gasteiger partial charge is 0.300 e. The molecular formula is C30H31NO4. The minimum atomic E-state index is -0.773. The number of carbonyl (C=O) groups is 2. The number of Topliss-reactive ketones (excluding diaryl/α,β-unsaturated/α-hetero) is 1. The van der Waals surface area contributed by atoms with E-state index in [0.717, 1.165) is 17.5 Å². The normalized spacial score (nSPS) is 17.6. The molecule has 0 radical (unpaired) electrons. The molecule has 1 heterocycles. The number of hydrogen-bond acceptors (Lipinski definition) is 4. The van der Waals surface area contributed by atoms with Crippen LogP contribution in [0.15, 0.2) is 84.4 Å². The van der Waals surface area contributed by atoms with Gasteiger partial charge in [0.15, 0.2) is 0 Å². The molecule has 0 spiro atoms. The first kappa shape index (κ1) is 24.3. The zero-order chi connectivity index (χ0) is 25.2. The summed E-state index contributed by atoms with van der Waals surface area (Å²) in [7, 11) is 0. The van der Waals surface area contributed by atoms with Crippen LogP contribution in [-0.2, 0) is 15.0 Å². The largest absolute Gasteiger partial charge is 0.507 e. The monoisotopic (exact) mass is 469 g/mol. The number of aliphatic hydroxyl groups excluding tert-OH is 1. The van der Waals surface area contributed by atoms with Crippen LogP contribution >= 0.6 is 0 Å². The molecule has 1 fully saturated rings. The molecular weight excluding hydrogens is 438 g/mol. The average Bonchev–Trinajstić information content (AvgIpc) is 3.13. The Labute approximate surface area is 206 Å². The lowest BCUT2D eigenvalue weighted by molar-refractivity contribution is -0.132. The van der Waals surface area contributed by atoms with Gasteiger partial charge in [-0.2, -0.15) is 0 Å². The first-order valence-corrected chi connectivity index (χ1v) is 11.9. The molecule has 0 bridgehead atoms. The van der Waals surface area contributed by atoms with Gasteiger partial charge in [0, 0.05) is 17.3 Å². The lowest BCUT2D eigenvalue weighted by Crippen LogP contribution is -2.29. The van der Waals surface area contributed by atoms with E-state index in [4.69, 9.17) is 4.74 Å². The van der Waals surface area contributed by atoms with Crippen LogP contribution in [0.5, 0.6) is 5.75 Å². The second kappa shape index (κ2) is 9.79. The Morgan fingerprint density at radius 1 is 0.943 bits per heavy atom. The molecule has 1 atom stereocenters. The van der Waals surface area contributed by atoms with Gasteiger partial charge in [-0.25, -0.2) is 0 Å². The van der Waals surface area contributed by atoms with Crippen LogP contribution in [0, 0.1) is 0 Å². The zero-order valence-corrected chi connectivity index (χ0v) is 20.6. The summed E-state index contributed by atoms with van der Waals surface area (Å²) >= 11 is 0. The first-order chi connectivity index (χ1) is 16.7. The van der Waals surface area contributed by atoms with Crippen LogP contribution in [0.25, 0.3) is 5.76 Å². The van der Waals surface area contributed by atoms with E-state index in [-0.39, 0.29) is 16.7 Å². The summed E-state index contributed by atoms with van der Waals surface area (Å²) < 4.78 is 5.77. The van der Waals surface area contributed by atoms with Crippen molar-refractivity contribution in [1.29, 1.82) is 0 Å². The van der Waals surface area contributed by atoms with Crippen molar-refractivity contribution < 1.29 is 19.4 Å². The fourth-order valence-electron chi connectivity index (χ4n) is 4.27. The number of aliphatic hydroxyl groups is 1. The highest BCUT2D eigenvalue weighted by atomic mass is 16.5. The topological polar surface area (TPSA) is 66.8 Å². The van der Waals surface area contributed by atoms with E-state index in [0.29, 0.717) is 23.6 Å². The van der Waals surface area contributed by atoms with Gasteiger partial charge in [0.05, 0.1) is 18.2 Å². The number of amides is 1. The van der Waals surface area contributed by atoms with E-state index in [1.165, 1.54) is 4.90 Å². The van der Waals surface area contributed by atoms with Gasteiger partial charge in [-0.15, -0.1) is 0 Å². The van der Waals surface area contributed by atoms with Gasteiger partial charge >= 0.3 is 0 Å². The molecule has 3 aromatic rings. The van der Waals surface area contributed by atoms with Gasteiger partial charge in [-0.3, -0.25) is 14.5 Å². The number of ketones is 1. The van der Waals surface area contributed by atoms with Gasteiger partial charge in [0.2, 0.25) is 0 Å². The van der Waals surface area contributed by atoms with Gasteiger partial charge in [0.25, 0.3) is 11.7 Å². The van der Waals surface area contributed by atoms with Crippen molar-refractivity contribution in [2.75, 3.05) is 11.5 Å². The van der Waals surface area contributed by atoms with E-state index >= 15 is 0 Å². The van der Waals surface area contributed by atoms with E-state index in [9.17, 15) is 14.7 Å². The van der Waals surface area contributed by atoms with Gasteiger partial charge in [0.1, 0.15) is 11.5 Å². The SMILES string of the molecule is CCCOc1cccc(N2C(=O)C(=O)/C(=C(/O)c3ccccc3)C2c2ccc(C(C)(C)C)cc2)c1. The maximum atomic E-state index is 13.4. The number of ether oxygens (including phenoxy) is 1. The van der Waals surface area contributed by atoms with Crippen molar-refractivity contribution >= 4 is 23.1 Å². The Bertz CT molecular complexity index is 1250. The van der Waals surface area contributed by atoms with Crippen LogP contribution < -0.4 is 9.64 Å². The van der Waals surface area contributed by atoms with E-state index in [1.807, 2.05) is 43.3 Å². The molecule has 35 heavy (non-hydrogen) atoms. The Morgan fingerprint density at radius 3 is 2.26 bits per heavy atom. The third-order valence-electron chi connectivity index (χ3n) is 6.15. The van der Waals surface area contributed by atoms with E-state index in [2.05, 4.69) is 20.8 Å². The summed E-state index contributed by atoms with van der Waals surface area (Å²) in [6.45, 7) is 8.96. The fraction of sp³-hybridized carbons (Fsp3) is 0.267. The van der Waals surface area contributed by atoms with Gasteiger partial charge in [-0.1, -0.05) is 88.4 Å². The third kappa shape index (κ3) is 4.85. The second-order valence-electron chi connectivity index (χ2n) is 9.75. The predicted molar refractivity (Wildman–Crippen MR) is 139 cm³/mol. The van der Waals surface area contributed by atoms with Crippen LogP contribution in [0.3, 0.4) is 0 Å². The Balaban J connectivity index is 1.88. The van der Waals surface area contributed by atoms with Crippen molar-refractivity contribution in [3.05, 3.63) is 101 Å². The summed E-state index contributed by atoms with van der Waals surface area (Å²) in [5, 5.41) is 11.2. The average molecular weight is 470 g/mol. The van der Waals surface area contributed by atoms with E-state index in [1.54, 1.807) is 42.5 Å². The number of nitrogens with zero attached hydrogens (tertiary/aromatic N) is 1. The molecule has 5 nitrogen and oxygen atoms in total. The van der Waals surface area contributed by atoms with Gasteiger partial charge in [-0.05, 0) is 35.1 Å². The van der Waals surface area contributed by atoms with Crippen molar-refractivity contribution in [2.24, 2.45) is 0 Å². The number of carbonyl (C=O) groups excluding carboxylic acids is 2. The molecule has 180 valence electrons. The summed E-state index contributed by atoms with van der Waals surface area (Å²) in [5.74, 6) is -0.956. The number of anilines is 1. The molecule has 0 saturated carbocycles. The molecule has 1 N–H and O–H groups in total. The molecule has 1 amide bonds. The third-order valence-corrected chi connectivity index (χ3v) is 6.15. The van der Waals surface area contributed by atoms with E-state index < -0.39 is 17.7 Å². The first-order valence-electron chi connectivity index (χ1n) is 11.9. The molecule has 3 aromatic carbocycles. The van der Waals surface area contributed by atoms with Crippen molar-refractivity contribution in [3.63, 3.8) is 0 Å².